The Bertz CT molecular complexity index is 1030. The van der Waals surface area contributed by atoms with Crippen molar-refractivity contribution >= 4 is 29.3 Å². The van der Waals surface area contributed by atoms with E-state index in [4.69, 9.17) is 4.74 Å². The highest BCUT2D eigenvalue weighted by atomic mass is 32.1. The van der Waals surface area contributed by atoms with Crippen LogP contribution in [0.5, 0.6) is 5.75 Å². The summed E-state index contributed by atoms with van der Waals surface area (Å²) in [6, 6.07) is 16.5. The minimum Gasteiger partial charge on any atom is -0.497 e. The first kappa shape index (κ1) is 16.0. The second-order valence-electron chi connectivity index (χ2n) is 5.08. The van der Waals surface area contributed by atoms with Gasteiger partial charge in [-0.15, -0.1) is 11.3 Å². The largest absolute Gasteiger partial charge is 0.497 e. The number of hydrogen-bond donors (Lipinski definition) is 1. The Balaban J connectivity index is 1.97. The third-order valence-corrected chi connectivity index (χ3v) is 4.36. The number of ether oxygens (including phenoxy) is 1. The Morgan fingerprint density at radius 2 is 1.92 bits per heavy atom. The maximum absolute atomic E-state index is 12.3. The molecule has 0 aliphatic heterocycles. The molecule has 1 aromatic heterocycles. The van der Waals surface area contributed by atoms with E-state index in [9.17, 15) is 9.59 Å². The molecule has 1 heterocycles. The maximum Gasteiger partial charge on any atom is 0.266 e. The topological polar surface area (TPSA) is 59.2 Å². The molecule has 0 aliphatic rings. The molecular weight excluding hydrogens is 322 g/mol. The highest BCUT2D eigenvalue weighted by Gasteiger charge is 2.04. The Labute approximate surface area is 142 Å². The van der Waals surface area contributed by atoms with Crippen molar-refractivity contribution in [3.05, 3.63) is 85.3 Å². The van der Waals surface area contributed by atoms with E-state index in [-0.39, 0.29) is 11.3 Å². The predicted molar refractivity (Wildman–Crippen MR) is 96.0 cm³/mol. The lowest BCUT2D eigenvalue weighted by Crippen LogP contribution is -2.19. The monoisotopic (exact) mass is 337 g/mol. The van der Waals surface area contributed by atoms with Crippen molar-refractivity contribution in [3.63, 3.8) is 0 Å². The summed E-state index contributed by atoms with van der Waals surface area (Å²) in [7, 11) is 1.55. The predicted octanol–water partition coefficient (Wildman–Crippen LogP) is 1.94. The molecule has 0 bridgehead atoms. The minimum atomic E-state index is -0.200. The van der Waals surface area contributed by atoms with E-state index in [1.165, 1.54) is 17.4 Å². The number of nitrogens with one attached hydrogen (secondary N) is 1. The number of carbonyl (C=O) groups excluding carboxylic acids is 1. The fraction of sp³-hybridized carbons (Fsp3) is 0.0526. The highest BCUT2D eigenvalue weighted by Crippen LogP contribution is 2.13. The van der Waals surface area contributed by atoms with Crippen LogP contribution in [0, 0.1) is 0 Å². The molecule has 24 heavy (non-hydrogen) atoms. The van der Waals surface area contributed by atoms with Gasteiger partial charge in [-0.2, -0.15) is 0 Å². The summed E-state index contributed by atoms with van der Waals surface area (Å²) in [6.07, 6.45) is 3.24. The van der Waals surface area contributed by atoms with Crippen LogP contribution in [0.3, 0.4) is 0 Å². The molecule has 0 atom stereocenters. The van der Waals surface area contributed by atoms with Gasteiger partial charge in [0, 0.05) is 11.6 Å². The number of aromatic nitrogens is 1. The van der Waals surface area contributed by atoms with E-state index in [1.54, 1.807) is 37.5 Å². The summed E-state index contributed by atoms with van der Waals surface area (Å²) in [5.41, 5.74) is 1.25. The third-order valence-electron chi connectivity index (χ3n) is 3.39. The van der Waals surface area contributed by atoms with Crippen LogP contribution in [0.2, 0.25) is 0 Å². The maximum atomic E-state index is 12.3. The lowest BCUT2D eigenvalue weighted by molar-refractivity contribution is 0.106. The molecule has 4 nitrogen and oxygen atoms in total. The van der Waals surface area contributed by atoms with Crippen LogP contribution in [-0.2, 0) is 0 Å². The summed E-state index contributed by atoms with van der Waals surface area (Å²) < 4.78 is 6.20. The summed E-state index contributed by atoms with van der Waals surface area (Å²) >= 11 is 1.26. The Hall–Kier alpha value is -2.92. The van der Waals surface area contributed by atoms with E-state index in [0.29, 0.717) is 20.5 Å². The zero-order chi connectivity index (χ0) is 16.9. The van der Waals surface area contributed by atoms with Crippen LogP contribution in [-0.4, -0.2) is 17.9 Å². The van der Waals surface area contributed by atoms with E-state index in [2.05, 4.69) is 4.98 Å². The molecule has 0 aliphatic carbocycles. The number of Topliss-reactive ketones (excluding diaryl/α,β-unsaturated/α-hetero) is 1. The standard InChI is InChI=1S/C19H15NO3S/c1-23-15-9-5-8-14(11-15)16(21)12-18-20-19(22)17(24-18)10-13-6-3-2-4-7-13/h2-12H,1H3,(H,20,22)/b17-10+,18-12+. The van der Waals surface area contributed by atoms with Gasteiger partial charge in [-0.3, -0.25) is 9.59 Å². The second kappa shape index (κ2) is 7.10. The van der Waals surface area contributed by atoms with Gasteiger partial charge in [-0.1, -0.05) is 42.5 Å². The molecule has 3 aromatic rings. The van der Waals surface area contributed by atoms with Gasteiger partial charge in [-0.05, 0) is 23.8 Å². The molecule has 1 N–H and O–H groups in total. The molecular formula is C19H15NO3S. The van der Waals surface area contributed by atoms with Gasteiger partial charge in [-0.25, -0.2) is 0 Å². The van der Waals surface area contributed by atoms with Crippen LogP contribution in [0.1, 0.15) is 15.9 Å². The first-order chi connectivity index (χ1) is 11.7. The van der Waals surface area contributed by atoms with Crippen molar-refractivity contribution in [2.45, 2.75) is 0 Å². The Kier molecular flexibility index (Phi) is 4.72. The third kappa shape index (κ3) is 3.70. The van der Waals surface area contributed by atoms with Crippen molar-refractivity contribution in [2.75, 3.05) is 7.11 Å². The van der Waals surface area contributed by atoms with Gasteiger partial charge in [0.1, 0.15) is 5.75 Å². The van der Waals surface area contributed by atoms with Gasteiger partial charge in [0.25, 0.3) is 5.56 Å². The van der Waals surface area contributed by atoms with E-state index in [1.807, 2.05) is 30.3 Å². The SMILES string of the molecule is COc1cccc(C(=O)/C=c2\[nH]c(=O)/c(=C\c3ccccc3)s2)c1. The summed E-state index contributed by atoms with van der Waals surface area (Å²) in [6.45, 7) is 0. The number of ketones is 1. The van der Waals surface area contributed by atoms with E-state index in [0.717, 1.165) is 5.56 Å². The van der Waals surface area contributed by atoms with Gasteiger partial charge in [0.05, 0.1) is 16.3 Å². The lowest BCUT2D eigenvalue weighted by atomic mass is 10.1. The van der Waals surface area contributed by atoms with E-state index >= 15 is 0 Å². The van der Waals surface area contributed by atoms with Crippen LogP contribution in [0.15, 0.2) is 59.4 Å². The van der Waals surface area contributed by atoms with Gasteiger partial charge in [0.2, 0.25) is 0 Å². The molecule has 3 rings (SSSR count). The quantitative estimate of drug-likeness (QED) is 0.740. The number of hydrogen-bond acceptors (Lipinski definition) is 4. The molecule has 0 saturated heterocycles. The molecule has 0 amide bonds. The lowest BCUT2D eigenvalue weighted by Gasteiger charge is -2.00. The van der Waals surface area contributed by atoms with E-state index < -0.39 is 0 Å². The fourth-order valence-corrected chi connectivity index (χ4v) is 3.09. The van der Waals surface area contributed by atoms with Crippen LogP contribution < -0.4 is 19.5 Å². The zero-order valence-electron chi connectivity index (χ0n) is 13.0. The number of thiazole rings is 1. The fourth-order valence-electron chi connectivity index (χ4n) is 2.20. The van der Waals surface area contributed by atoms with Crippen molar-refractivity contribution < 1.29 is 9.53 Å². The van der Waals surface area contributed by atoms with Gasteiger partial charge in [0.15, 0.2) is 5.78 Å². The van der Waals surface area contributed by atoms with Crippen molar-refractivity contribution in [3.8, 4) is 5.75 Å². The average Bonchev–Trinajstić information content (AvgIpc) is 2.95. The molecule has 0 unspecified atom stereocenters. The summed E-state index contributed by atoms with van der Waals surface area (Å²) in [4.78, 5) is 27.1. The molecule has 120 valence electrons. The Morgan fingerprint density at radius 1 is 1.12 bits per heavy atom. The smallest absolute Gasteiger partial charge is 0.266 e. The number of methoxy groups -OCH3 is 1. The molecule has 2 aromatic carbocycles. The molecule has 5 heteroatoms. The van der Waals surface area contributed by atoms with Gasteiger partial charge < -0.3 is 9.72 Å². The molecule has 0 fully saturated rings. The molecule has 0 saturated carbocycles. The number of carbonyl (C=O) groups is 1. The highest BCUT2D eigenvalue weighted by molar-refractivity contribution is 7.07. The minimum absolute atomic E-state index is 0.183. The number of H-pyrrole nitrogens is 1. The van der Waals surface area contributed by atoms with Gasteiger partial charge >= 0.3 is 0 Å². The first-order valence-electron chi connectivity index (χ1n) is 7.32. The number of rotatable bonds is 4. The number of benzene rings is 2. The average molecular weight is 337 g/mol. The first-order valence-corrected chi connectivity index (χ1v) is 8.13. The van der Waals surface area contributed by atoms with Crippen LogP contribution in [0.4, 0.5) is 0 Å². The zero-order valence-corrected chi connectivity index (χ0v) is 13.8. The summed E-state index contributed by atoms with van der Waals surface area (Å²) in [5, 5.41) is 0. The Morgan fingerprint density at radius 3 is 2.67 bits per heavy atom. The van der Waals surface area contributed by atoms with Crippen LogP contribution >= 0.6 is 11.3 Å². The normalized spacial score (nSPS) is 12.4. The molecule has 0 spiro atoms. The van der Waals surface area contributed by atoms with Crippen molar-refractivity contribution in [1.82, 2.24) is 4.98 Å². The number of aromatic amines is 1. The summed E-state index contributed by atoms with van der Waals surface area (Å²) in [5.74, 6) is 0.435. The molecule has 0 radical (unpaired) electrons. The second-order valence-corrected chi connectivity index (χ2v) is 6.16. The van der Waals surface area contributed by atoms with Crippen molar-refractivity contribution in [2.24, 2.45) is 0 Å². The van der Waals surface area contributed by atoms with Crippen molar-refractivity contribution in [1.29, 1.82) is 0 Å². The van der Waals surface area contributed by atoms with Crippen LogP contribution in [0.25, 0.3) is 12.2 Å².